The largest absolute Gasteiger partial charge is 0.496 e. The smallest absolute Gasteiger partial charge is 0.342 e. The van der Waals surface area contributed by atoms with Crippen LogP contribution in [0.4, 0.5) is 5.69 Å². The molecule has 0 aliphatic carbocycles. The quantitative estimate of drug-likeness (QED) is 0.850. The van der Waals surface area contributed by atoms with E-state index in [0.29, 0.717) is 16.5 Å². The summed E-state index contributed by atoms with van der Waals surface area (Å²) in [5.74, 6) is -0.688. The van der Waals surface area contributed by atoms with E-state index in [1.165, 1.54) is 14.0 Å². The Kier molecular flexibility index (Phi) is 5.60. The lowest BCUT2D eigenvalue weighted by atomic mass is 10.2. The van der Waals surface area contributed by atoms with Crippen LogP contribution in [0.3, 0.4) is 0 Å². The first-order valence-electron chi connectivity index (χ1n) is 6.91. The van der Waals surface area contributed by atoms with E-state index in [2.05, 4.69) is 5.32 Å². The highest BCUT2D eigenvalue weighted by molar-refractivity contribution is 6.30. The van der Waals surface area contributed by atoms with Gasteiger partial charge in [0.25, 0.3) is 5.91 Å². The molecule has 1 amide bonds. The maximum Gasteiger partial charge on any atom is 0.342 e. The van der Waals surface area contributed by atoms with E-state index in [-0.39, 0.29) is 5.56 Å². The summed E-state index contributed by atoms with van der Waals surface area (Å²) in [5, 5.41) is 3.14. The molecule has 0 saturated carbocycles. The van der Waals surface area contributed by atoms with Crippen molar-refractivity contribution in [3.63, 3.8) is 0 Å². The number of nitrogens with one attached hydrogen (secondary N) is 1. The predicted molar refractivity (Wildman–Crippen MR) is 88.0 cm³/mol. The number of hydrogen-bond donors (Lipinski definition) is 1. The number of anilines is 1. The summed E-state index contributed by atoms with van der Waals surface area (Å²) in [6, 6.07) is 13.4. The van der Waals surface area contributed by atoms with Crippen LogP contribution in [-0.2, 0) is 9.53 Å². The zero-order chi connectivity index (χ0) is 16.8. The Bertz CT molecular complexity index is 717. The number of halogens is 1. The van der Waals surface area contributed by atoms with Crippen molar-refractivity contribution in [2.24, 2.45) is 0 Å². The molecule has 5 nitrogen and oxygen atoms in total. The predicted octanol–water partition coefficient (Wildman–Crippen LogP) is 3.53. The van der Waals surface area contributed by atoms with Gasteiger partial charge in [-0.2, -0.15) is 0 Å². The van der Waals surface area contributed by atoms with E-state index in [9.17, 15) is 9.59 Å². The minimum atomic E-state index is -0.966. The third-order valence-corrected chi connectivity index (χ3v) is 3.31. The van der Waals surface area contributed by atoms with Crippen molar-refractivity contribution in [2.45, 2.75) is 13.0 Å². The molecule has 6 heteroatoms. The van der Waals surface area contributed by atoms with Gasteiger partial charge in [-0.25, -0.2) is 4.79 Å². The van der Waals surface area contributed by atoms with Gasteiger partial charge >= 0.3 is 5.97 Å². The van der Waals surface area contributed by atoms with Crippen LogP contribution in [0.5, 0.6) is 5.75 Å². The molecule has 23 heavy (non-hydrogen) atoms. The Hall–Kier alpha value is -2.53. The monoisotopic (exact) mass is 333 g/mol. The Balaban J connectivity index is 2.01. The van der Waals surface area contributed by atoms with Crippen molar-refractivity contribution in [3.8, 4) is 5.75 Å². The lowest BCUT2D eigenvalue weighted by molar-refractivity contribution is -0.123. The second-order valence-electron chi connectivity index (χ2n) is 4.75. The molecule has 1 atom stereocenters. The fraction of sp³-hybridized carbons (Fsp3) is 0.176. The number of benzene rings is 2. The normalized spacial score (nSPS) is 11.4. The summed E-state index contributed by atoms with van der Waals surface area (Å²) >= 11 is 5.86. The van der Waals surface area contributed by atoms with E-state index >= 15 is 0 Å². The molecule has 0 fully saturated rings. The molecule has 2 aromatic carbocycles. The second-order valence-corrected chi connectivity index (χ2v) is 5.18. The maximum atomic E-state index is 12.1. The van der Waals surface area contributed by atoms with Gasteiger partial charge in [-0.1, -0.05) is 29.8 Å². The lowest BCUT2D eigenvalue weighted by Gasteiger charge is -2.14. The van der Waals surface area contributed by atoms with E-state index < -0.39 is 18.0 Å². The van der Waals surface area contributed by atoms with Crippen LogP contribution in [-0.4, -0.2) is 25.1 Å². The molecule has 1 N–H and O–H groups in total. The molecular weight excluding hydrogens is 318 g/mol. The average molecular weight is 334 g/mol. The SMILES string of the molecule is COc1ccccc1C(=O)OC(C)C(=O)Nc1cccc(Cl)c1. The molecule has 0 aliphatic rings. The van der Waals surface area contributed by atoms with Gasteiger partial charge < -0.3 is 14.8 Å². The van der Waals surface area contributed by atoms with E-state index in [4.69, 9.17) is 21.1 Å². The van der Waals surface area contributed by atoms with Crippen LogP contribution in [0, 0.1) is 0 Å². The third-order valence-electron chi connectivity index (χ3n) is 3.07. The lowest BCUT2D eigenvalue weighted by Crippen LogP contribution is -2.30. The summed E-state index contributed by atoms with van der Waals surface area (Å²) in [5.41, 5.74) is 0.792. The number of carbonyl (C=O) groups excluding carboxylic acids is 2. The maximum absolute atomic E-state index is 12.1. The van der Waals surface area contributed by atoms with Crippen molar-refractivity contribution >= 4 is 29.2 Å². The van der Waals surface area contributed by atoms with Gasteiger partial charge in [-0.15, -0.1) is 0 Å². The van der Waals surface area contributed by atoms with Crippen LogP contribution in [0.2, 0.25) is 5.02 Å². The molecule has 1 unspecified atom stereocenters. The molecule has 0 radical (unpaired) electrons. The fourth-order valence-corrected chi connectivity index (χ4v) is 2.09. The Morgan fingerprint density at radius 2 is 1.87 bits per heavy atom. The zero-order valence-corrected chi connectivity index (χ0v) is 13.5. The van der Waals surface area contributed by atoms with E-state index in [1.807, 2.05) is 0 Å². The Labute approximate surface area is 139 Å². The topological polar surface area (TPSA) is 64.6 Å². The van der Waals surface area contributed by atoms with Crippen LogP contribution in [0.25, 0.3) is 0 Å². The van der Waals surface area contributed by atoms with Crippen LogP contribution >= 0.6 is 11.6 Å². The number of rotatable bonds is 5. The first kappa shape index (κ1) is 16.8. The molecule has 2 rings (SSSR count). The highest BCUT2D eigenvalue weighted by atomic mass is 35.5. The molecule has 0 aliphatic heterocycles. The molecule has 0 bridgehead atoms. The van der Waals surface area contributed by atoms with Gasteiger partial charge in [-0.3, -0.25) is 4.79 Å². The summed E-state index contributed by atoms with van der Waals surface area (Å²) in [4.78, 5) is 24.2. The number of hydrogen-bond acceptors (Lipinski definition) is 4. The van der Waals surface area contributed by atoms with Crippen molar-refractivity contribution in [1.82, 2.24) is 0 Å². The van der Waals surface area contributed by atoms with Crippen LogP contribution in [0.15, 0.2) is 48.5 Å². The fourth-order valence-electron chi connectivity index (χ4n) is 1.90. The summed E-state index contributed by atoms with van der Waals surface area (Å²) < 4.78 is 10.3. The molecule has 120 valence electrons. The standard InChI is InChI=1S/C17H16ClNO4/c1-11(16(20)19-13-7-5-6-12(18)10-13)23-17(21)14-8-3-4-9-15(14)22-2/h3-11H,1-2H3,(H,19,20). The number of amides is 1. The highest BCUT2D eigenvalue weighted by Gasteiger charge is 2.21. The number of para-hydroxylation sites is 1. The molecule has 2 aromatic rings. The first-order valence-corrected chi connectivity index (χ1v) is 7.29. The molecular formula is C17H16ClNO4. The Morgan fingerprint density at radius 3 is 2.57 bits per heavy atom. The molecule has 0 aromatic heterocycles. The Morgan fingerprint density at radius 1 is 1.13 bits per heavy atom. The number of carbonyl (C=O) groups is 2. The van der Waals surface area contributed by atoms with Crippen molar-refractivity contribution < 1.29 is 19.1 Å². The molecule has 0 heterocycles. The van der Waals surface area contributed by atoms with Crippen molar-refractivity contribution in [2.75, 3.05) is 12.4 Å². The summed E-state index contributed by atoms with van der Waals surface area (Å²) in [6.45, 7) is 1.49. The molecule has 0 saturated heterocycles. The highest BCUT2D eigenvalue weighted by Crippen LogP contribution is 2.19. The van der Waals surface area contributed by atoms with Gasteiger partial charge in [0.1, 0.15) is 11.3 Å². The minimum absolute atomic E-state index is 0.261. The van der Waals surface area contributed by atoms with Gasteiger partial charge in [0.15, 0.2) is 6.10 Å². The zero-order valence-electron chi connectivity index (χ0n) is 12.7. The van der Waals surface area contributed by atoms with Crippen LogP contribution in [0.1, 0.15) is 17.3 Å². The van der Waals surface area contributed by atoms with Gasteiger partial charge in [-0.05, 0) is 37.3 Å². The minimum Gasteiger partial charge on any atom is -0.496 e. The summed E-state index contributed by atoms with van der Waals surface area (Å²) in [6.07, 6.45) is -0.966. The third kappa shape index (κ3) is 4.47. The van der Waals surface area contributed by atoms with Gasteiger partial charge in [0.2, 0.25) is 0 Å². The molecule has 0 spiro atoms. The van der Waals surface area contributed by atoms with Gasteiger partial charge in [0, 0.05) is 10.7 Å². The second kappa shape index (κ2) is 7.65. The number of esters is 1. The summed E-state index contributed by atoms with van der Waals surface area (Å²) in [7, 11) is 1.46. The van der Waals surface area contributed by atoms with Gasteiger partial charge in [0.05, 0.1) is 7.11 Å². The van der Waals surface area contributed by atoms with Crippen LogP contribution < -0.4 is 10.1 Å². The van der Waals surface area contributed by atoms with Crippen molar-refractivity contribution in [3.05, 3.63) is 59.1 Å². The van der Waals surface area contributed by atoms with E-state index in [1.54, 1.807) is 48.5 Å². The number of methoxy groups -OCH3 is 1. The first-order chi connectivity index (χ1) is 11.0. The average Bonchev–Trinajstić information content (AvgIpc) is 2.54. The van der Waals surface area contributed by atoms with Crippen molar-refractivity contribution in [1.29, 1.82) is 0 Å². The van der Waals surface area contributed by atoms with E-state index in [0.717, 1.165) is 0 Å². The number of ether oxygens (including phenoxy) is 2.